The van der Waals surface area contributed by atoms with Gasteiger partial charge in [0.1, 0.15) is 13.2 Å². The summed E-state index contributed by atoms with van der Waals surface area (Å²) in [6.45, 7) is 6.98. The molecular weight excluding hydrogens is 342 g/mol. The van der Waals surface area contributed by atoms with Crippen LogP contribution in [0.2, 0.25) is 0 Å². The zero-order valence-electron chi connectivity index (χ0n) is 16.6. The second kappa shape index (κ2) is 9.95. The van der Waals surface area contributed by atoms with Crippen molar-refractivity contribution in [3.05, 3.63) is 23.8 Å². The number of benzene rings is 1. The molecule has 1 unspecified atom stereocenters. The van der Waals surface area contributed by atoms with Crippen molar-refractivity contribution in [1.82, 2.24) is 15.5 Å². The molecule has 1 aromatic rings. The highest BCUT2D eigenvalue weighted by Crippen LogP contribution is 2.30. The molecule has 1 saturated heterocycles. The molecule has 1 amide bonds. The Balaban J connectivity index is 1.39. The van der Waals surface area contributed by atoms with Crippen molar-refractivity contribution in [2.24, 2.45) is 5.92 Å². The van der Waals surface area contributed by atoms with Crippen LogP contribution in [-0.2, 0) is 11.2 Å². The van der Waals surface area contributed by atoms with Gasteiger partial charge in [-0.3, -0.25) is 9.69 Å². The number of carbonyl (C=O) groups is 1. The molecule has 2 N–H and O–H groups in total. The predicted octanol–water partition coefficient (Wildman–Crippen LogP) is 1.83. The lowest BCUT2D eigenvalue weighted by molar-refractivity contribution is -0.126. The lowest BCUT2D eigenvalue weighted by atomic mass is 9.93. The third kappa shape index (κ3) is 5.59. The SMILES string of the molecule is CNCCC1CCN(C(C)C(=O)NCCc2ccc3c(c2)OCCO3)CC1. The fourth-order valence-electron chi connectivity index (χ4n) is 3.86. The van der Waals surface area contributed by atoms with Crippen molar-refractivity contribution in [3.63, 3.8) is 0 Å². The maximum absolute atomic E-state index is 12.5. The molecule has 150 valence electrons. The number of likely N-dealkylation sites (tertiary alicyclic amines) is 1. The monoisotopic (exact) mass is 375 g/mol. The Labute approximate surface area is 162 Å². The molecule has 1 aromatic carbocycles. The number of fused-ring (bicyclic) bond motifs is 1. The van der Waals surface area contributed by atoms with Crippen LogP contribution in [0, 0.1) is 5.92 Å². The molecule has 0 aromatic heterocycles. The van der Waals surface area contributed by atoms with Gasteiger partial charge in [0.2, 0.25) is 5.91 Å². The molecule has 2 heterocycles. The van der Waals surface area contributed by atoms with Gasteiger partial charge in [0.15, 0.2) is 11.5 Å². The van der Waals surface area contributed by atoms with E-state index in [9.17, 15) is 4.79 Å². The van der Waals surface area contributed by atoms with Crippen LogP contribution in [0.25, 0.3) is 0 Å². The number of nitrogens with one attached hydrogen (secondary N) is 2. The van der Waals surface area contributed by atoms with E-state index in [1.54, 1.807) is 0 Å². The van der Waals surface area contributed by atoms with Gasteiger partial charge in [-0.15, -0.1) is 0 Å². The first-order valence-electron chi connectivity index (χ1n) is 10.2. The van der Waals surface area contributed by atoms with Crippen LogP contribution in [0.5, 0.6) is 11.5 Å². The highest BCUT2D eigenvalue weighted by molar-refractivity contribution is 5.81. The van der Waals surface area contributed by atoms with E-state index in [1.807, 2.05) is 32.2 Å². The van der Waals surface area contributed by atoms with E-state index in [1.165, 1.54) is 19.3 Å². The zero-order chi connectivity index (χ0) is 19.1. The molecule has 6 heteroatoms. The number of nitrogens with zero attached hydrogens (tertiary/aromatic N) is 1. The Bertz CT molecular complexity index is 615. The summed E-state index contributed by atoms with van der Waals surface area (Å²) in [4.78, 5) is 14.8. The molecule has 0 radical (unpaired) electrons. The highest BCUT2D eigenvalue weighted by atomic mass is 16.6. The van der Waals surface area contributed by atoms with Crippen molar-refractivity contribution in [2.45, 2.75) is 38.6 Å². The van der Waals surface area contributed by atoms with Gasteiger partial charge in [0.05, 0.1) is 6.04 Å². The fourth-order valence-corrected chi connectivity index (χ4v) is 3.86. The second-order valence-electron chi connectivity index (χ2n) is 7.57. The topological polar surface area (TPSA) is 62.8 Å². The van der Waals surface area contributed by atoms with Crippen LogP contribution in [0.4, 0.5) is 0 Å². The molecule has 2 aliphatic rings. The van der Waals surface area contributed by atoms with Crippen molar-refractivity contribution in [1.29, 1.82) is 0 Å². The zero-order valence-corrected chi connectivity index (χ0v) is 16.6. The summed E-state index contributed by atoms with van der Waals surface area (Å²) < 4.78 is 11.2. The predicted molar refractivity (Wildman–Crippen MR) is 106 cm³/mol. The van der Waals surface area contributed by atoms with Crippen LogP contribution >= 0.6 is 0 Å². The average Bonchev–Trinajstić information content (AvgIpc) is 2.72. The van der Waals surface area contributed by atoms with Crippen LogP contribution in [0.3, 0.4) is 0 Å². The Hall–Kier alpha value is -1.79. The second-order valence-corrected chi connectivity index (χ2v) is 7.57. The molecule has 1 atom stereocenters. The number of hydrogen-bond donors (Lipinski definition) is 2. The Morgan fingerprint density at radius 2 is 1.93 bits per heavy atom. The summed E-state index contributed by atoms with van der Waals surface area (Å²) in [5.74, 6) is 2.53. The number of piperidine rings is 1. The van der Waals surface area contributed by atoms with Crippen molar-refractivity contribution in [3.8, 4) is 11.5 Å². The van der Waals surface area contributed by atoms with Gasteiger partial charge in [0.25, 0.3) is 0 Å². The number of amides is 1. The third-order valence-electron chi connectivity index (χ3n) is 5.70. The molecule has 6 nitrogen and oxygen atoms in total. The molecule has 27 heavy (non-hydrogen) atoms. The van der Waals surface area contributed by atoms with Gasteiger partial charge in [-0.2, -0.15) is 0 Å². The summed E-state index contributed by atoms with van der Waals surface area (Å²) in [6.07, 6.45) is 4.41. The first kappa shape index (κ1) is 20.0. The Morgan fingerprint density at radius 1 is 1.19 bits per heavy atom. The average molecular weight is 376 g/mol. The van der Waals surface area contributed by atoms with Gasteiger partial charge in [0, 0.05) is 6.54 Å². The van der Waals surface area contributed by atoms with E-state index in [4.69, 9.17) is 9.47 Å². The van der Waals surface area contributed by atoms with Gasteiger partial charge in [-0.05, 0) is 82.9 Å². The minimum Gasteiger partial charge on any atom is -0.486 e. The lowest BCUT2D eigenvalue weighted by Crippen LogP contribution is -2.48. The number of hydrogen-bond acceptors (Lipinski definition) is 5. The Kier molecular flexibility index (Phi) is 7.35. The van der Waals surface area contributed by atoms with E-state index in [-0.39, 0.29) is 11.9 Å². The standard InChI is InChI=1S/C21H33N3O3/c1-16(24-11-7-17(8-12-24)5-9-22-2)21(25)23-10-6-18-3-4-19-20(15-18)27-14-13-26-19/h3-4,15-17,22H,5-14H2,1-2H3,(H,23,25). The Morgan fingerprint density at radius 3 is 2.67 bits per heavy atom. The summed E-state index contributed by atoms with van der Waals surface area (Å²) in [6, 6.07) is 5.95. The van der Waals surface area contributed by atoms with Crippen LogP contribution in [0.15, 0.2) is 18.2 Å². The normalized spacial score (nSPS) is 18.9. The van der Waals surface area contributed by atoms with Crippen LogP contribution < -0.4 is 20.1 Å². The molecular formula is C21H33N3O3. The smallest absolute Gasteiger partial charge is 0.237 e. The van der Waals surface area contributed by atoms with Crippen LogP contribution in [-0.4, -0.2) is 63.3 Å². The summed E-state index contributed by atoms with van der Waals surface area (Å²) in [5, 5.41) is 6.32. The molecule has 0 spiro atoms. The summed E-state index contributed by atoms with van der Waals surface area (Å²) in [7, 11) is 2.01. The third-order valence-corrected chi connectivity index (χ3v) is 5.70. The van der Waals surface area contributed by atoms with Crippen molar-refractivity contribution < 1.29 is 14.3 Å². The number of rotatable bonds is 8. The summed E-state index contributed by atoms with van der Waals surface area (Å²) in [5.41, 5.74) is 1.15. The molecule has 1 fully saturated rings. The quantitative estimate of drug-likeness (QED) is 0.726. The minimum absolute atomic E-state index is 0.0597. The largest absolute Gasteiger partial charge is 0.486 e. The highest BCUT2D eigenvalue weighted by Gasteiger charge is 2.26. The molecule has 0 aliphatic carbocycles. The lowest BCUT2D eigenvalue weighted by Gasteiger charge is -2.35. The van der Waals surface area contributed by atoms with Gasteiger partial charge in [-0.25, -0.2) is 0 Å². The van der Waals surface area contributed by atoms with Gasteiger partial charge >= 0.3 is 0 Å². The maximum Gasteiger partial charge on any atom is 0.237 e. The molecule has 2 aliphatic heterocycles. The van der Waals surface area contributed by atoms with E-state index < -0.39 is 0 Å². The van der Waals surface area contributed by atoms with Crippen molar-refractivity contribution in [2.75, 3.05) is 46.4 Å². The van der Waals surface area contributed by atoms with Crippen molar-refractivity contribution >= 4 is 5.91 Å². The number of carbonyl (C=O) groups excluding carboxylic acids is 1. The van der Waals surface area contributed by atoms with Crippen LogP contribution in [0.1, 0.15) is 31.7 Å². The van der Waals surface area contributed by atoms with E-state index >= 15 is 0 Å². The number of ether oxygens (including phenoxy) is 2. The first-order valence-corrected chi connectivity index (χ1v) is 10.2. The van der Waals surface area contributed by atoms with Gasteiger partial charge in [-0.1, -0.05) is 6.07 Å². The minimum atomic E-state index is -0.0597. The molecule has 0 bridgehead atoms. The first-order chi connectivity index (χ1) is 13.2. The van der Waals surface area contributed by atoms with Gasteiger partial charge < -0.3 is 20.1 Å². The van der Waals surface area contributed by atoms with E-state index in [2.05, 4.69) is 15.5 Å². The van der Waals surface area contributed by atoms with E-state index in [0.717, 1.165) is 49.0 Å². The molecule has 3 rings (SSSR count). The summed E-state index contributed by atoms with van der Waals surface area (Å²) >= 11 is 0. The fraction of sp³-hybridized carbons (Fsp3) is 0.667. The van der Waals surface area contributed by atoms with E-state index in [0.29, 0.717) is 19.8 Å². The maximum atomic E-state index is 12.5. The molecule has 0 saturated carbocycles.